The molecule has 0 saturated carbocycles. The molecule has 2 unspecified atom stereocenters. The first-order chi connectivity index (χ1) is 18.5. The predicted molar refractivity (Wildman–Crippen MR) is 151 cm³/mol. The molecule has 2 heterocycles. The molecule has 2 aromatic rings. The number of likely N-dealkylation sites (tertiary alicyclic amines) is 1. The summed E-state index contributed by atoms with van der Waals surface area (Å²) in [5.41, 5.74) is -1.36. The smallest absolute Gasteiger partial charge is 0.145 e. The minimum Gasteiger partial charge on any atom is -0.395 e. The van der Waals surface area contributed by atoms with Gasteiger partial charge in [0, 0.05) is 41.8 Å². The van der Waals surface area contributed by atoms with Gasteiger partial charge in [0.15, 0.2) is 0 Å². The van der Waals surface area contributed by atoms with Crippen molar-refractivity contribution in [2.75, 3.05) is 26.4 Å². The molecule has 4 nitrogen and oxygen atoms in total. The number of nitriles is 1. The van der Waals surface area contributed by atoms with Crippen LogP contribution in [-0.2, 0) is 10.2 Å². The monoisotopic (exact) mass is 578 g/mol. The van der Waals surface area contributed by atoms with Crippen LogP contribution in [0.3, 0.4) is 0 Å². The highest BCUT2D eigenvalue weighted by atomic mass is 35.5. The van der Waals surface area contributed by atoms with E-state index in [-0.39, 0.29) is 33.2 Å². The summed E-state index contributed by atoms with van der Waals surface area (Å²) in [5, 5.41) is 22.0. The number of ether oxygens (including phenoxy) is 1. The van der Waals surface area contributed by atoms with Crippen molar-refractivity contribution < 1.29 is 18.6 Å². The van der Waals surface area contributed by atoms with Crippen molar-refractivity contribution in [3.05, 3.63) is 69.2 Å². The standard InChI is InChI=1S/C31H38Cl2F2N2O2/c1-30(2,3)17-27-31(19-36,23-10-9-21(32)16-25(23)34)28(22-7-4-8-24(33)29(22)35)26(18-38)37(27)13-5-6-20-11-14-39-15-12-20/h4,7-10,16,20,26-28,38H,5-6,11-15,17-18H2,1-3H3/t26-,27?,28-,31?/m0/s1. The topological polar surface area (TPSA) is 56.5 Å². The SMILES string of the molecule is CC(C)(C)CC1N(CCCC2CCOCC2)[C@@H](CO)[C@H](c2cccc(Cl)c2F)C1(C#N)c1ccc(Cl)cc1F. The maximum Gasteiger partial charge on any atom is 0.145 e. The van der Waals surface area contributed by atoms with Crippen molar-refractivity contribution in [3.8, 4) is 6.07 Å². The van der Waals surface area contributed by atoms with Gasteiger partial charge in [0.1, 0.15) is 17.0 Å². The molecule has 212 valence electrons. The van der Waals surface area contributed by atoms with Crippen molar-refractivity contribution in [3.63, 3.8) is 0 Å². The molecule has 2 aliphatic rings. The van der Waals surface area contributed by atoms with E-state index in [1.165, 1.54) is 12.1 Å². The lowest BCUT2D eigenvalue weighted by molar-refractivity contribution is 0.0584. The zero-order chi connectivity index (χ0) is 28.4. The summed E-state index contributed by atoms with van der Waals surface area (Å²) < 4.78 is 37.1. The van der Waals surface area contributed by atoms with Gasteiger partial charge in [-0.15, -0.1) is 0 Å². The Hall–Kier alpha value is -1.75. The molecule has 0 amide bonds. The molecular formula is C31H38Cl2F2N2O2. The van der Waals surface area contributed by atoms with Crippen molar-refractivity contribution in [2.45, 2.75) is 76.3 Å². The molecule has 4 rings (SSSR count). The second-order valence-corrected chi connectivity index (χ2v) is 13.0. The van der Waals surface area contributed by atoms with Crippen LogP contribution in [0.2, 0.25) is 10.0 Å². The van der Waals surface area contributed by atoms with E-state index < -0.39 is 35.1 Å². The Labute approximate surface area is 240 Å². The zero-order valence-corrected chi connectivity index (χ0v) is 24.4. The third-order valence-electron chi connectivity index (χ3n) is 8.47. The van der Waals surface area contributed by atoms with Gasteiger partial charge in [-0.3, -0.25) is 4.90 Å². The quantitative estimate of drug-likeness (QED) is 0.352. The lowest BCUT2D eigenvalue weighted by Crippen LogP contribution is -2.47. The molecule has 1 N–H and O–H groups in total. The molecular weight excluding hydrogens is 541 g/mol. The van der Waals surface area contributed by atoms with Crippen LogP contribution in [0, 0.1) is 34.3 Å². The average Bonchev–Trinajstić information content (AvgIpc) is 3.14. The van der Waals surface area contributed by atoms with Gasteiger partial charge >= 0.3 is 0 Å². The number of aliphatic hydroxyl groups is 1. The van der Waals surface area contributed by atoms with Crippen molar-refractivity contribution in [2.24, 2.45) is 11.3 Å². The van der Waals surface area contributed by atoms with Gasteiger partial charge in [-0.2, -0.15) is 5.26 Å². The van der Waals surface area contributed by atoms with Crippen LogP contribution in [0.25, 0.3) is 0 Å². The summed E-state index contributed by atoms with van der Waals surface area (Å²) in [6.45, 7) is 8.06. The van der Waals surface area contributed by atoms with E-state index in [2.05, 4.69) is 31.7 Å². The average molecular weight is 580 g/mol. The summed E-state index contributed by atoms with van der Waals surface area (Å²) in [4.78, 5) is 2.15. The Kier molecular flexibility index (Phi) is 9.61. The van der Waals surface area contributed by atoms with Gasteiger partial charge in [0.25, 0.3) is 0 Å². The fourth-order valence-electron chi connectivity index (χ4n) is 6.77. The first-order valence-electron chi connectivity index (χ1n) is 13.8. The van der Waals surface area contributed by atoms with Gasteiger partial charge in [0.05, 0.1) is 17.7 Å². The van der Waals surface area contributed by atoms with E-state index in [1.54, 1.807) is 24.3 Å². The number of rotatable bonds is 8. The Morgan fingerprint density at radius 1 is 1.15 bits per heavy atom. The lowest BCUT2D eigenvalue weighted by Gasteiger charge is -2.39. The van der Waals surface area contributed by atoms with E-state index in [1.807, 2.05) is 0 Å². The fraction of sp³-hybridized carbons (Fsp3) is 0.581. The fourth-order valence-corrected chi connectivity index (χ4v) is 7.11. The normalized spacial score (nSPS) is 26.6. The van der Waals surface area contributed by atoms with Crippen LogP contribution in [0.1, 0.15) is 69.9 Å². The minimum atomic E-state index is -1.50. The maximum absolute atomic E-state index is 15.8. The van der Waals surface area contributed by atoms with Gasteiger partial charge in [-0.05, 0) is 73.7 Å². The number of nitrogens with zero attached hydrogens (tertiary/aromatic N) is 2. The first-order valence-corrected chi connectivity index (χ1v) is 14.5. The third kappa shape index (κ3) is 6.14. The van der Waals surface area contributed by atoms with E-state index in [4.69, 9.17) is 27.9 Å². The maximum atomic E-state index is 15.8. The van der Waals surface area contributed by atoms with Crippen LogP contribution < -0.4 is 0 Å². The highest BCUT2D eigenvalue weighted by Gasteiger charge is 2.62. The van der Waals surface area contributed by atoms with E-state index in [9.17, 15) is 10.4 Å². The Bertz CT molecular complexity index is 1190. The second-order valence-electron chi connectivity index (χ2n) is 12.2. The molecule has 0 aliphatic carbocycles. The molecule has 0 bridgehead atoms. The van der Waals surface area contributed by atoms with Crippen LogP contribution in [0.15, 0.2) is 36.4 Å². The Balaban J connectivity index is 1.89. The number of aliphatic hydroxyl groups excluding tert-OH is 1. The number of hydrogen-bond acceptors (Lipinski definition) is 4. The van der Waals surface area contributed by atoms with Crippen LogP contribution >= 0.6 is 23.2 Å². The summed E-state index contributed by atoms with van der Waals surface area (Å²) in [6, 6.07) is 10.4. The number of hydrogen-bond donors (Lipinski definition) is 1. The number of halogens is 4. The molecule has 2 aliphatic heterocycles. The Morgan fingerprint density at radius 3 is 2.49 bits per heavy atom. The molecule has 4 atom stereocenters. The van der Waals surface area contributed by atoms with Gasteiger partial charge in [-0.1, -0.05) is 62.2 Å². The van der Waals surface area contributed by atoms with E-state index in [0.29, 0.717) is 18.9 Å². The van der Waals surface area contributed by atoms with Crippen LogP contribution in [-0.4, -0.2) is 48.5 Å². The van der Waals surface area contributed by atoms with Gasteiger partial charge in [-0.25, -0.2) is 8.78 Å². The second kappa shape index (κ2) is 12.4. The van der Waals surface area contributed by atoms with Crippen molar-refractivity contribution in [1.29, 1.82) is 5.26 Å². The molecule has 8 heteroatoms. The van der Waals surface area contributed by atoms with Crippen LogP contribution in [0.5, 0.6) is 0 Å². The summed E-state index contributed by atoms with van der Waals surface area (Å²) in [7, 11) is 0. The highest BCUT2D eigenvalue weighted by molar-refractivity contribution is 6.31. The molecule has 39 heavy (non-hydrogen) atoms. The van der Waals surface area contributed by atoms with Crippen molar-refractivity contribution in [1.82, 2.24) is 4.90 Å². The third-order valence-corrected chi connectivity index (χ3v) is 8.99. The number of benzene rings is 2. The molecule has 0 radical (unpaired) electrons. The molecule has 2 aromatic carbocycles. The van der Waals surface area contributed by atoms with Gasteiger partial charge < -0.3 is 9.84 Å². The van der Waals surface area contributed by atoms with Crippen molar-refractivity contribution >= 4 is 23.2 Å². The predicted octanol–water partition coefficient (Wildman–Crippen LogP) is 7.50. The lowest BCUT2D eigenvalue weighted by atomic mass is 9.62. The summed E-state index contributed by atoms with van der Waals surface area (Å²) in [6.07, 6.45) is 4.41. The Morgan fingerprint density at radius 2 is 1.87 bits per heavy atom. The molecule has 2 saturated heterocycles. The molecule has 2 fully saturated rings. The summed E-state index contributed by atoms with van der Waals surface area (Å²) in [5.74, 6) is -1.56. The molecule has 0 aromatic heterocycles. The largest absolute Gasteiger partial charge is 0.395 e. The molecule has 0 spiro atoms. The minimum absolute atomic E-state index is 0.0713. The van der Waals surface area contributed by atoms with E-state index >= 15 is 8.78 Å². The van der Waals surface area contributed by atoms with E-state index in [0.717, 1.165) is 38.9 Å². The summed E-state index contributed by atoms with van der Waals surface area (Å²) >= 11 is 12.4. The first kappa shape index (κ1) is 30.2. The zero-order valence-electron chi connectivity index (χ0n) is 22.9. The highest BCUT2D eigenvalue weighted by Crippen LogP contribution is 2.56. The van der Waals surface area contributed by atoms with Crippen LogP contribution in [0.4, 0.5) is 8.78 Å². The van der Waals surface area contributed by atoms with Gasteiger partial charge in [0.2, 0.25) is 0 Å².